The fraction of sp³-hybridized carbons (Fsp3) is 0.385. The molecule has 0 aromatic heterocycles. The van der Waals surface area contributed by atoms with Gasteiger partial charge in [-0.1, -0.05) is 30.7 Å². The number of ketones is 1. The molecule has 0 aliphatic heterocycles. The molecule has 0 spiro atoms. The normalized spacial score (nSPS) is 11.9. The summed E-state index contributed by atoms with van der Waals surface area (Å²) in [6.07, 6.45) is 0.467. The van der Waals surface area contributed by atoms with Gasteiger partial charge >= 0.3 is 0 Å². The molecule has 0 saturated carbocycles. The highest BCUT2D eigenvalue weighted by Crippen LogP contribution is 2.17. The molecule has 0 fully saturated rings. The van der Waals surface area contributed by atoms with E-state index in [-0.39, 0.29) is 11.7 Å². The van der Waals surface area contributed by atoms with Crippen LogP contribution in [0.4, 0.5) is 0 Å². The van der Waals surface area contributed by atoms with Gasteiger partial charge < -0.3 is 4.74 Å². The van der Waals surface area contributed by atoms with Gasteiger partial charge in [0.25, 0.3) is 0 Å². The molecule has 92 valence electrons. The molecule has 1 atom stereocenters. The highest BCUT2D eigenvalue weighted by molar-refractivity contribution is 7.80. The molecule has 0 saturated heterocycles. The van der Waals surface area contributed by atoms with Crippen LogP contribution < -0.4 is 0 Å². The summed E-state index contributed by atoms with van der Waals surface area (Å²) >= 11 is 10.9. The molecular weight excluding hydrogens is 256 g/mol. The topological polar surface area (TPSA) is 26.3 Å². The number of Topliss-reactive ketones (excluding diaryl/α,β-unsaturated/α-hetero) is 1. The maximum absolute atomic E-state index is 12.1. The number of carbonyl (C=O) groups is 1. The Bertz CT molecular complexity index is 418. The predicted octanol–water partition coefficient (Wildman–Crippen LogP) is 3.91. The van der Waals surface area contributed by atoms with Crippen molar-refractivity contribution in [2.24, 2.45) is 5.92 Å². The van der Waals surface area contributed by atoms with Crippen molar-refractivity contribution in [3.8, 4) is 0 Å². The van der Waals surface area contributed by atoms with Crippen molar-refractivity contribution in [3.05, 3.63) is 34.9 Å². The summed E-state index contributed by atoms with van der Waals surface area (Å²) in [4.78, 5) is 12.1. The first-order chi connectivity index (χ1) is 8.04. The van der Waals surface area contributed by atoms with Crippen LogP contribution in [0, 0.1) is 5.92 Å². The molecule has 1 rings (SSSR count). The summed E-state index contributed by atoms with van der Waals surface area (Å²) in [5.74, 6) is -0.151. The number of hydrogen-bond donors (Lipinski definition) is 0. The maximum Gasteiger partial charge on any atom is 0.166 e. The maximum atomic E-state index is 12.1. The second-order valence-corrected chi connectivity index (χ2v) is 4.68. The van der Waals surface area contributed by atoms with Gasteiger partial charge in [0.15, 0.2) is 10.8 Å². The fourth-order valence-electron chi connectivity index (χ4n) is 1.49. The molecule has 0 N–H and O–H groups in total. The number of hydrogen-bond acceptors (Lipinski definition) is 3. The largest absolute Gasteiger partial charge is 0.487 e. The Morgan fingerprint density at radius 2 is 2.24 bits per heavy atom. The standard InChI is InChI=1S/C13H15ClO2S/c1-3-16-12(17)7-9(2)13(15)10-5-4-6-11(14)8-10/h4-6,8-9H,3,7H2,1-2H3. The molecule has 0 radical (unpaired) electrons. The van der Waals surface area contributed by atoms with Crippen molar-refractivity contribution < 1.29 is 9.53 Å². The lowest BCUT2D eigenvalue weighted by molar-refractivity contribution is 0.0930. The Balaban J connectivity index is 2.67. The van der Waals surface area contributed by atoms with E-state index >= 15 is 0 Å². The van der Waals surface area contributed by atoms with E-state index in [0.717, 1.165) is 0 Å². The van der Waals surface area contributed by atoms with E-state index in [4.69, 9.17) is 28.6 Å². The molecule has 0 aliphatic carbocycles. The van der Waals surface area contributed by atoms with Gasteiger partial charge in [-0.05, 0) is 31.3 Å². The van der Waals surface area contributed by atoms with E-state index < -0.39 is 0 Å². The lowest BCUT2D eigenvalue weighted by Crippen LogP contribution is -2.16. The van der Waals surface area contributed by atoms with Crippen molar-refractivity contribution in [3.63, 3.8) is 0 Å². The van der Waals surface area contributed by atoms with E-state index in [1.807, 2.05) is 13.8 Å². The Labute approximate surface area is 112 Å². The van der Waals surface area contributed by atoms with Crippen LogP contribution in [0.2, 0.25) is 5.02 Å². The smallest absolute Gasteiger partial charge is 0.166 e. The molecule has 0 bridgehead atoms. The van der Waals surface area contributed by atoms with Crippen LogP contribution in [0.1, 0.15) is 30.6 Å². The zero-order chi connectivity index (χ0) is 12.8. The summed E-state index contributed by atoms with van der Waals surface area (Å²) in [6.45, 7) is 4.25. The van der Waals surface area contributed by atoms with Crippen molar-refractivity contribution >= 4 is 34.7 Å². The van der Waals surface area contributed by atoms with Crippen LogP contribution in [0.3, 0.4) is 0 Å². The van der Waals surface area contributed by atoms with Crippen LogP contribution in [-0.4, -0.2) is 17.4 Å². The quantitative estimate of drug-likeness (QED) is 0.599. The van der Waals surface area contributed by atoms with Crippen molar-refractivity contribution in [1.29, 1.82) is 0 Å². The minimum Gasteiger partial charge on any atom is -0.487 e. The Kier molecular flexibility index (Phi) is 5.59. The molecule has 0 amide bonds. The Hall–Kier alpha value is -0.930. The minimum absolute atomic E-state index is 0.0366. The van der Waals surface area contributed by atoms with Gasteiger partial charge in [-0.3, -0.25) is 4.79 Å². The summed E-state index contributed by atoms with van der Waals surface area (Å²) in [5, 5.41) is 1.05. The molecule has 1 aromatic rings. The van der Waals surface area contributed by atoms with Crippen LogP contribution in [0.5, 0.6) is 0 Å². The molecule has 4 heteroatoms. The number of benzene rings is 1. The second kappa shape index (κ2) is 6.72. The lowest BCUT2D eigenvalue weighted by Gasteiger charge is -2.11. The molecule has 0 aliphatic rings. The van der Waals surface area contributed by atoms with E-state index in [0.29, 0.717) is 28.7 Å². The highest BCUT2D eigenvalue weighted by atomic mass is 35.5. The number of halogens is 1. The van der Waals surface area contributed by atoms with E-state index in [1.54, 1.807) is 24.3 Å². The van der Waals surface area contributed by atoms with E-state index in [9.17, 15) is 4.79 Å². The third-order valence-corrected chi connectivity index (χ3v) is 2.85. The number of thiocarbonyl (C=S) groups is 1. The molecular formula is C13H15ClO2S. The first-order valence-corrected chi connectivity index (χ1v) is 6.28. The predicted molar refractivity (Wildman–Crippen MR) is 73.8 cm³/mol. The zero-order valence-electron chi connectivity index (χ0n) is 9.90. The Morgan fingerprint density at radius 1 is 1.53 bits per heavy atom. The zero-order valence-corrected chi connectivity index (χ0v) is 11.5. The van der Waals surface area contributed by atoms with Crippen molar-refractivity contribution in [1.82, 2.24) is 0 Å². The van der Waals surface area contributed by atoms with Crippen molar-refractivity contribution in [2.45, 2.75) is 20.3 Å². The van der Waals surface area contributed by atoms with Crippen LogP contribution in [0.25, 0.3) is 0 Å². The average Bonchev–Trinajstić information content (AvgIpc) is 2.28. The third kappa shape index (κ3) is 4.44. The molecule has 17 heavy (non-hydrogen) atoms. The molecule has 1 unspecified atom stereocenters. The number of ether oxygens (including phenoxy) is 1. The van der Waals surface area contributed by atoms with Gasteiger partial charge in [-0.25, -0.2) is 0 Å². The van der Waals surface area contributed by atoms with Crippen LogP contribution >= 0.6 is 23.8 Å². The molecule has 2 nitrogen and oxygen atoms in total. The fourth-order valence-corrected chi connectivity index (χ4v) is 2.05. The monoisotopic (exact) mass is 270 g/mol. The molecule has 0 heterocycles. The SMILES string of the molecule is CCOC(=S)CC(C)C(=O)c1cccc(Cl)c1. The lowest BCUT2D eigenvalue weighted by atomic mass is 9.97. The van der Waals surface area contributed by atoms with Gasteiger partial charge in [-0.2, -0.15) is 0 Å². The first-order valence-electron chi connectivity index (χ1n) is 5.50. The second-order valence-electron chi connectivity index (χ2n) is 3.78. The molecule has 1 aromatic carbocycles. The van der Waals surface area contributed by atoms with Crippen LogP contribution in [0.15, 0.2) is 24.3 Å². The number of carbonyl (C=O) groups excluding carboxylic acids is 1. The minimum atomic E-state index is -0.187. The third-order valence-electron chi connectivity index (χ3n) is 2.33. The van der Waals surface area contributed by atoms with Crippen molar-refractivity contribution in [2.75, 3.05) is 6.61 Å². The van der Waals surface area contributed by atoms with Gasteiger partial charge in [0.1, 0.15) is 0 Å². The first kappa shape index (κ1) is 14.1. The van der Waals surface area contributed by atoms with Gasteiger partial charge in [-0.15, -0.1) is 0 Å². The van der Waals surface area contributed by atoms with Gasteiger partial charge in [0, 0.05) is 22.9 Å². The van der Waals surface area contributed by atoms with Gasteiger partial charge in [0.2, 0.25) is 0 Å². The number of rotatable bonds is 5. The van der Waals surface area contributed by atoms with Crippen LogP contribution in [-0.2, 0) is 4.74 Å². The summed E-state index contributed by atoms with van der Waals surface area (Å²) in [5.41, 5.74) is 0.615. The van der Waals surface area contributed by atoms with E-state index in [2.05, 4.69) is 0 Å². The average molecular weight is 271 g/mol. The van der Waals surface area contributed by atoms with Gasteiger partial charge in [0.05, 0.1) is 6.61 Å². The summed E-state index contributed by atoms with van der Waals surface area (Å²) in [6, 6.07) is 6.94. The summed E-state index contributed by atoms with van der Waals surface area (Å²) in [7, 11) is 0. The Morgan fingerprint density at radius 3 is 2.82 bits per heavy atom. The van der Waals surface area contributed by atoms with E-state index in [1.165, 1.54) is 0 Å². The summed E-state index contributed by atoms with van der Waals surface area (Å²) < 4.78 is 5.18. The highest BCUT2D eigenvalue weighted by Gasteiger charge is 2.17.